The van der Waals surface area contributed by atoms with Gasteiger partial charge >= 0.3 is 5.97 Å². The van der Waals surface area contributed by atoms with Crippen molar-refractivity contribution < 1.29 is 24.5 Å². The summed E-state index contributed by atoms with van der Waals surface area (Å²) in [5, 5.41) is 23.7. The molecule has 346 valence electrons. The lowest BCUT2D eigenvalue weighted by molar-refractivity contribution is -0.151. The van der Waals surface area contributed by atoms with Gasteiger partial charge in [-0.25, -0.2) is 0 Å². The normalized spacial score (nSPS) is 13.5. The Morgan fingerprint density at radius 3 is 1.32 bits per heavy atom. The summed E-state index contributed by atoms with van der Waals surface area (Å²) in [5.74, 6) is -0.512. The lowest BCUT2D eigenvalue weighted by Gasteiger charge is -2.24. The molecule has 0 aromatic heterocycles. The molecule has 3 atom stereocenters. The van der Waals surface area contributed by atoms with Crippen LogP contribution in [0.1, 0.15) is 265 Å². The average molecular weight is 830 g/mol. The van der Waals surface area contributed by atoms with E-state index in [0.717, 1.165) is 83.5 Å². The number of esters is 1. The number of carbonyl (C=O) groups excluding carboxylic acids is 2. The maximum absolute atomic E-state index is 13.2. The van der Waals surface area contributed by atoms with E-state index in [2.05, 4.69) is 62.5 Å². The van der Waals surface area contributed by atoms with E-state index in [1.165, 1.54) is 135 Å². The number of nitrogens with one attached hydrogen (secondary N) is 1. The Bertz CT molecular complexity index is 977. The minimum absolute atomic E-state index is 0.0558. The van der Waals surface area contributed by atoms with E-state index in [1.807, 2.05) is 0 Å². The summed E-state index contributed by atoms with van der Waals surface area (Å²) < 4.78 is 5.91. The van der Waals surface area contributed by atoms with Gasteiger partial charge in [0, 0.05) is 6.42 Å². The Hall–Kier alpha value is -1.92. The molecule has 0 aromatic carbocycles. The molecule has 3 N–H and O–H groups in total. The number of amides is 1. The summed E-state index contributed by atoms with van der Waals surface area (Å²) in [7, 11) is 0. The summed E-state index contributed by atoms with van der Waals surface area (Å²) in [5.41, 5.74) is 0. The maximum Gasteiger partial charge on any atom is 0.306 e. The number of ether oxygens (including phenoxy) is 1. The second-order valence-electron chi connectivity index (χ2n) is 17.6. The van der Waals surface area contributed by atoms with E-state index in [4.69, 9.17) is 4.74 Å². The van der Waals surface area contributed by atoms with Crippen molar-refractivity contribution in [3.8, 4) is 0 Å². The third-order valence-corrected chi connectivity index (χ3v) is 11.7. The first-order chi connectivity index (χ1) is 29.0. The monoisotopic (exact) mass is 830 g/mol. The first-order valence-electron chi connectivity index (χ1n) is 25.7. The van der Waals surface area contributed by atoms with Crippen LogP contribution in [0.15, 0.2) is 36.5 Å². The fraction of sp³-hybridized carbons (Fsp3) is 0.849. The number of allylic oxidation sites excluding steroid dienone is 6. The van der Waals surface area contributed by atoms with Gasteiger partial charge in [-0.2, -0.15) is 0 Å². The number of carbonyl (C=O) groups is 2. The molecule has 0 rings (SSSR count). The van der Waals surface area contributed by atoms with E-state index in [1.54, 1.807) is 0 Å². The zero-order valence-corrected chi connectivity index (χ0v) is 39.4. The predicted octanol–water partition coefficient (Wildman–Crippen LogP) is 15.3. The zero-order chi connectivity index (χ0) is 43.1. The third kappa shape index (κ3) is 42.6. The number of rotatable bonds is 46. The number of aliphatic hydroxyl groups excluding tert-OH is 2. The van der Waals surface area contributed by atoms with E-state index >= 15 is 0 Å². The molecule has 0 aliphatic heterocycles. The summed E-state index contributed by atoms with van der Waals surface area (Å²) in [6.45, 7) is 6.46. The van der Waals surface area contributed by atoms with E-state index < -0.39 is 18.2 Å². The van der Waals surface area contributed by atoms with Crippen LogP contribution in [0.25, 0.3) is 0 Å². The molecule has 6 heteroatoms. The Kier molecular flexibility index (Phi) is 45.6. The van der Waals surface area contributed by atoms with Crippen LogP contribution >= 0.6 is 0 Å². The van der Waals surface area contributed by atoms with Crippen LogP contribution in [0.2, 0.25) is 0 Å². The van der Waals surface area contributed by atoms with Gasteiger partial charge in [-0.05, 0) is 77.0 Å². The van der Waals surface area contributed by atoms with Crippen molar-refractivity contribution in [3.05, 3.63) is 36.5 Å². The maximum atomic E-state index is 13.2. The van der Waals surface area contributed by atoms with Crippen molar-refractivity contribution in [3.63, 3.8) is 0 Å². The van der Waals surface area contributed by atoms with E-state index in [0.29, 0.717) is 19.3 Å². The molecule has 3 unspecified atom stereocenters. The number of unbranched alkanes of at least 4 members (excludes halogenated alkanes) is 29. The highest BCUT2D eigenvalue weighted by Crippen LogP contribution is 2.17. The van der Waals surface area contributed by atoms with Crippen molar-refractivity contribution in [2.45, 2.75) is 283 Å². The SMILES string of the molecule is CCCCCCCC/C=C\CCCCCC(=O)OC(CCCCC/C=C/C=C/CCCCCCCCC)CC(=O)NC(CO)C(O)CCCCCCCCCCCCC. The standard InChI is InChI=1S/C53H99NO5/c1-4-7-10-13-16-19-22-24-25-26-28-30-32-35-38-41-44-49(59-53(58)46-43-40-37-34-31-27-23-20-17-14-11-8-5-2)47-52(57)54-50(48-55)51(56)45-42-39-36-33-29-21-18-15-12-9-6-3/h25-28,30-31,49-51,55-56H,4-24,29,32-48H2,1-3H3,(H,54,57)/b26-25+,30-28+,31-27-. The van der Waals surface area contributed by atoms with Crippen LogP contribution in [0.4, 0.5) is 0 Å². The Morgan fingerprint density at radius 2 is 0.864 bits per heavy atom. The van der Waals surface area contributed by atoms with Gasteiger partial charge in [-0.3, -0.25) is 9.59 Å². The van der Waals surface area contributed by atoms with Crippen LogP contribution in [-0.4, -0.2) is 46.9 Å². The highest BCUT2D eigenvalue weighted by Gasteiger charge is 2.24. The Balaban J connectivity index is 4.66. The lowest BCUT2D eigenvalue weighted by atomic mass is 10.0. The van der Waals surface area contributed by atoms with Crippen molar-refractivity contribution >= 4 is 11.9 Å². The smallest absolute Gasteiger partial charge is 0.306 e. The molecule has 0 saturated carbocycles. The molecule has 6 nitrogen and oxygen atoms in total. The molecule has 0 saturated heterocycles. The molecule has 1 amide bonds. The van der Waals surface area contributed by atoms with Crippen LogP contribution in [0.5, 0.6) is 0 Å². The fourth-order valence-electron chi connectivity index (χ4n) is 7.77. The molecular weight excluding hydrogens is 731 g/mol. The minimum Gasteiger partial charge on any atom is -0.462 e. The number of aliphatic hydroxyl groups is 2. The third-order valence-electron chi connectivity index (χ3n) is 11.7. The van der Waals surface area contributed by atoms with Crippen LogP contribution in [0.3, 0.4) is 0 Å². The lowest BCUT2D eigenvalue weighted by Crippen LogP contribution is -2.46. The van der Waals surface area contributed by atoms with Gasteiger partial charge in [0.15, 0.2) is 0 Å². The Morgan fingerprint density at radius 1 is 0.492 bits per heavy atom. The molecule has 0 radical (unpaired) electrons. The van der Waals surface area contributed by atoms with Gasteiger partial charge in [0.25, 0.3) is 0 Å². The van der Waals surface area contributed by atoms with Crippen molar-refractivity contribution in [1.82, 2.24) is 5.32 Å². The minimum atomic E-state index is -0.794. The molecule has 0 spiro atoms. The average Bonchev–Trinajstić information content (AvgIpc) is 3.23. The zero-order valence-electron chi connectivity index (χ0n) is 39.4. The van der Waals surface area contributed by atoms with E-state index in [9.17, 15) is 19.8 Å². The quantitative estimate of drug-likeness (QED) is 0.0246. The van der Waals surface area contributed by atoms with Gasteiger partial charge < -0.3 is 20.3 Å². The van der Waals surface area contributed by atoms with Crippen molar-refractivity contribution in [2.24, 2.45) is 0 Å². The predicted molar refractivity (Wildman–Crippen MR) is 255 cm³/mol. The number of hydrogen-bond acceptors (Lipinski definition) is 5. The van der Waals surface area contributed by atoms with Gasteiger partial charge in [-0.15, -0.1) is 0 Å². The molecular formula is C53H99NO5. The van der Waals surface area contributed by atoms with Gasteiger partial charge in [0.1, 0.15) is 6.10 Å². The van der Waals surface area contributed by atoms with Crippen LogP contribution in [-0.2, 0) is 14.3 Å². The molecule has 0 fully saturated rings. The highest BCUT2D eigenvalue weighted by molar-refractivity contribution is 5.77. The van der Waals surface area contributed by atoms with Crippen molar-refractivity contribution in [1.29, 1.82) is 0 Å². The van der Waals surface area contributed by atoms with Gasteiger partial charge in [0.05, 0.1) is 25.2 Å². The van der Waals surface area contributed by atoms with Gasteiger partial charge in [0.2, 0.25) is 5.91 Å². The molecule has 59 heavy (non-hydrogen) atoms. The molecule has 0 aromatic rings. The molecule has 0 heterocycles. The number of hydrogen-bond donors (Lipinski definition) is 3. The summed E-state index contributed by atoms with van der Waals surface area (Å²) >= 11 is 0. The Labute approximate surface area is 366 Å². The summed E-state index contributed by atoms with van der Waals surface area (Å²) in [6.07, 6.45) is 54.9. The topological polar surface area (TPSA) is 95.9 Å². The second-order valence-corrected chi connectivity index (χ2v) is 17.6. The second kappa shape index (κ2) is 47.1. The van der Waals surface area contributed by atoms with E-state index in [-0.39, 0.29) is 24.9 Å². The molecule has 0 aliphatic rings. The largest absolute Gasteiger partial charge is 0.462 e. The van der Waals surface area contributed by atoms with Crippen LogP contribution < -0.4 is 5.32 Å². The van der Waals surface area contributed by atoms with Crippen LogP contribution in [0, 0.1) is 0 Å². The first kappa shape index (κ1) is 57.1. The first-order valence-corrected chi connectivity index (χ1v) is 25.7. The van der Waals surface area contributed by atoms with Gasteiger partial charge in [-0.1, -0.05) is 211 Å². The fourth-order valence-corrected chi connectivity index (χ4v) is 7.77. The molecule has 0 bridgehead atoms. The highest BCUT2D eigenvalue weighted by atomic mass is 16.5. The van der Waals surface area contributed by atoms with Crippen molar-refractivity contribution in [2.75, 3.05) is 6.61 Å². The summed E-state index contributed by atoms with van der Waals surface area (Å²) in [4.78, 5) is 26.1. The molecule has 0 aliphatic carbocycles. The summed E-state index contributed by atoms with van der Waals surface area (Å²) in [6, 6.07) is -0.710.